The molecule has 0 aliphatic rings. The first-order valence-corrected chi connectivity index (χ1v) is 30.3. The van der Waals surface area contributed by atoms with Gasteiger partial charge in [0.1, 0.15) is 13.2 Å². The number of carboxylic acids is 1. The van der Waals surface area contributed by atoms with Crippen LogP contribution in [0.1, 0.15) is 251 Å². The number of carboxylic acid groups (broad SMARTS) is 1. The van der Waals surface area contributed by atoms with Gasteiger partial charge in [-0.05, 0) is 64.2 Å². The van der Waals surface area contributed by atoms with Crippen LogP contribution in [0.2, 0.25) is 0 Å². The molecule has 0 aromatic carbocycles. The highest BCUT2D eigenvalue weighted by Crippen LogP contribution is 2.17. The van der Waals surface area contributed by atoms with Crippen LogP contribution in [0, 0.1) is 0 Å². The van der Waals surface area contributed by atoms with Gasteiger partial charge >= 0.3 is 17.9 Å². The van der Waals surface area contributed by atoms with Crippen LogP contribution < -0.4 is 0 Å². The fourth-order valence-electron chi connectivity index (χ4n) is 8.30. The normalized spacial score (nSPS) is 13.4. The number of carbonyl (C=O) groups is 3. The summed E-state index contributed by atoms with van der Waals surface area (Å²) >= 11 is 0. The summed E-state index contributed by atoms with van der Waals surface area (Å²) in [7, 11) is 5.95. The van der Waals surface area contributed by atoms with Crippen molar-refractivity contribution >= 4 is 17.9 Å². The number of nitrogens with zero attached hydrogens (tertiary/aromatic N) is 1. The van der Waals surface area contributed by atoms with Gasteiger partial charge < -0.3 is 28.5 Å². The van der Waals surface area contributed by atoms with Crippen molar-refractivity contribution in [2.24, 2.45) is 0 Å². The average molecular weight is 1040 g/mol. The average Bonchev–Trinajstić information content (AvgIpc) is 3.37. The second-order valence-electron chi connectivity index (χ2n) is 21.3. The molecule has 9 nitrogen and oxygen atoms in total. The molecule has 0 spiro atoms. The van der Waals surface area contributed by atoms with Crippen LogP contribution in [0.25, 0.3) is 0 Å². The lowest BCUT2D eigenvalue weighted by molar-refractivity contribution is -0.870. The van der Waals surface area contributed by atoms with Gasteiger partial charge in [-0.25, -0.2) is 4.79 Å². The van der Waals surface area contributed by atoms with E-state index in [9.17, 15) is 19.5 Å². The summed E-state index contributed by atoms with van der Waals surface area (Å²) in [5.74, 6) is -2.08. The number of hydrogen-bond donors (Lipinski definition) is 1. The summed E-state index contributed by atoms with van der Waals surface area (Å²) in [6.45, 7) is 4.72. The van der Waals surface area contributed by atoms with Gasteiger partial charge in [-0.1, -0.05) is 259 Å². The van der Waals surface area contributed by atoms with Crippen molar-refractivity contribution in [1.29, 1.82) is 0 Å². The first-order valence-electron chi connectivity index (χ1n) is 30.3. The molecule has 426 valence electrons. The molecule has 2 unspecified atom stereocenters. The van der Waals surface area contributed by atoms with Crippen molar-refractivity contribution in [3.05, 3.63) is 85.1 Å². The molecule has 0 aromatic heterocycles. The molecule has 0 radical (unpaired) electrons. The maximum absolute atomic E-state index is 12.9. The van der Waals surface area contributed by atoms with Crippen molar-refractivity contribution < 1.29 is 42.9 Å². The number of carbonyl (C=O) groups excluding carboxylic acids is 2. The number of likely N-dealkylation sites (N-methyl/N-ethyl adjacent to an activating group) is 1. The Labute approximate surface area is 455 Å². The van der Waals surface area contributed by atoms with Crippen LogP contribution in [0.3, 0.4) is 0 Å². The molecular formula is C65H114NO8+. The fraction of sp³-hybridized carbons (Fsp3) is 0.738. The Bertz CT molecular complexity index is 1490. The molecule has 0 saturated carbocycles. The lowest BCUT2D eigenvalue weighted by atomic mass is 10.0. The standard InChI is InChI=1S/C65H113NO8/c1-6-8-10-12-14-16-18-20-22-24-26-28-30-31-32-34-35-37-39-41-43-45-47-49-51-53-55-62(67)72-59-61(60-73-65(64(69)70)71-58-57-66(3,4)5)74-63(68)56-54-52-50-48-46-44-42-40-38-36-33-29-27-25-23-21-19-17-15-13-11-9-7-2/h9,11,15,17,21,23,27,29,36,38,42,44,48,50,61,65H,6-8,10,12-14,16,18-20,22,24-26,28,30-35,37,39-41,43,45-47,49,51-60H2,1-5H3/p+1/b11-9-,17-15-,23-21-,29-27-,38-36-,44-42-,50-48-. The predicted octanol–water partition coefficient (Wildman–Crippen LogP) is 18.0. The van der Waals surface area contributed by atoms with Crippen molar-refractivity contribution in [3.8, 4) is 0 Å². The molecule has 0 bridgehead atoms. The zero-order valence-corrected chi connectivity index (χ0v) is 48.5. The summed E-state index contributed by atoms with van der Waals surface area (Å²) in [6, 6.07) is 0. The summed E-state index contributed by atoms with van der Waals surface area (Å²) in [5, 5.41) is 9.71. The zero-order valence-electron chi connectivity index (χ0n) is 48.5. The molecule has 0 aliphatic carbocycles. The second-order valence-corrected chi connectivity index (χ2v) is 21.3. The molecule has 2 atom stereocenters. The van der Waals surface area contributed by atoms with Gasteiger partial charge in [0.2, 0.25) is 0 Å². The highest BCUT2D eigenvalue weighted by molar-refractivity contribution is 5.71. The van der Waals surface area contributed by atoms with Gasteiger partial charge in [-0.2, -0.15) is 0 Å². The van der Waals surface area contributed by atoms with Crippen molar-refractivity contribution in [3.63, 3.8) is 0 Å². The third-order valence-electron chi connectivity index (χ3n) is 12.9. The molecule has 0 aliphatic heterocycles. The van der Waals surface area contributed by atoms with E-state index in [0.29, 0.717) is 23.9 Å². The van der Waals surface area contributed by atoms with E-state index in [1.54, 1.807) is 0 Å². The van der Waals surface area contributed by atoms with E-state index >= 15 is 0 Å². The number of hydrogen-bond acceptors (Lipinski definition) is 7. The van der Waals surface area contributed by atoms with Crippen LogP contribution in [0.5, 0.6) is 0 Å². The van der Waals surface area contributed by atoms with Crippen molar-refractivity contribution in [2.75, 3.05) is 47.5 Å². The maximum atomic E-state index is 12.9. The molecule has 0 rings (SSSR count). The summed E-state index contributed by atoms with van der Waals surface area (Å²) in [4.78, 5) is 37.4. The third kappa shape index (κ3) is 56.2. The molecular weight excluding hydrogens is 923 g/mol. The smallest absolute Gasteiger partial charge is 0.361 e. The van der Waals surface area contributed by atoms with E-state index < -0.39 is 24.3 Å². The van der Waals surface area contributed by atoms with Crippen molar-refractivity contribution in [2.45, 2.75) is 264 Å². The minimum atomic E-state index is -1.53. The third-order valence-corrected chi connectivity index (χ3v) is 12.9. The number of allylic oxidation sites excluding steroid dienone is 14. The molecule has 1 N–H and O–H groups in total. The van der Waals surface area contributed by atoms with Crippen LogP contribution >= 0.6 is 0 Å². The highest BCUT2D eigenvalue weighted by atomic mass is 16.7. The first kappa shape index (κ1) is 70.5. The number of aliphatic carboxylic acids is 1. The number of esters is 2. The van der Waals surface area contributed by atoms with Crippen LogP contribution in [0.15, 0.2) is 85.1 Å². The van der Waals surface area contributed by atoms with E-state index in [1.807, 2.05) is 21.1 Å². The molecule has 0 heterocycles. The number of quaternary nitrogens is 1. The SMILES string of the molecule is CC/C=C\C/C=C\C/C=C\C/C=C\C/C=C\C/C=C\C/C=C\CCCC(=O)OC(COC(=O)CCCCCCCCCCCCCCCCCCCCCCCCCCCC)COC(OCC[N+](C)(C)C)C(=O)O. The summed E-state index contributed by atoms with van der Waals surface area (Å²) < 4.78 is 22.8. The lowest BCUT2D eigenvalue weighted by Gasteiger charge is -2.25. The topological polar surface area (TPSA) is 108 Å². The highest BCUT2D eigenvalue weighted by Gasteiger charge is 2.25. The maximum Gasteiger partial charge on any atom is 0.361 e. The minimum absolute atomic E-state index is 0.174. The van der Waals surface area contributed by atoms with E-state index in [-0.39, 0.29) is 38.6 Å². The molecule has 9 heteroatoms. The quantitative estimate of drug-likeness (QED) is 0.0211. The monoisotopic (exact) mass is 1040 g/mol. The molecule has 0 saturated heterocycles. The van der Waals surface area contributed by atoms with E-state index in [0.717, 1.165) is 64.2 Å². The van der Waals surface area contributed by atoms with Gasteiger partial charge in [0.05, 0.1) is 34.4 Å². The largest absolute Gasteiger partial charge is 0.477 e. The molecule has 0 amide bonds. The van der Waals surface area contributed by atoms with Gasteiger partial charge in [0.15, 0.2) is 6.10 Å². The predicted molar refractivity (Wildman–Crippen MR) is 313 cm³/mol. The van der Waals surface area contributed by atoms with Crippen LogP contribution in [0.4, 0.5) is 0 Å². The van der Waals surface area contributed by atoms with E-state index in [2.05, 4.69) is 98.9 Å². The number of rotatable bonds is 55. The molecule has 0 fully saturated rings. The minimum Gasteiger partial charge on any atom is -0.477 e. The summed E-state index contributed by atoms with van der Waals surface area (Å²) in [6.07, 6.45) is 71.1. The van der Waals surface area contributed by atoms with Crippen LogP contribution in [-0.2, 0) is 33.3 Å². The van der Waals surface area contributed by atoms with Gasteiger partial charge in [0, 0.05) is 12.8 Å². The van der Waals surface area contributed by atoms with Crippen molar-refractivity contribution in [1.82, 2.24) is 0 Å². The van der Waals surface area contributed by atoms with Gasteiger partial charge in [-0.3, -0.25) is 9.59 Å². The Kier molecular flexibility index (Phi) is 53.0. The number of ether oxygens (including phenoxy) is 4. The number of unbranched alkanes of at least 4 members (excludes halogenated alkanes) is 26. The summed E-state index contributed by atoms with van der Waals surface area (Å²) in [5.41, 5.74) is 0. The Morgan fingerprint density at radius 2 is 0.770 bits per heavy atom. The Balaban J connectivity index is 4.29. The van der Waals surface area contributed by atoms with E-state index in [4.69, 9.17) is 18.9 Å². The Hall–Kier alpha value is -3.53. The first-order chi connectivity index (χ1) is 36.1. The van der Waals surface area contributed by atoms with Gasteiger partial charge in [0.25, 0.3) is 6.29 Å². The molecule has 74 heavy (non-hydrogen) atoms. The Morgan fingerprint density at radius 1 is 0.419 bits per heavy atom. The second kappa shape index (κ2) is 55.7. The zero-order chi connectivity index (χ0) is 54.1. The molecule has 0 aromatic rings. The Morgan fingerprint density at radius 3 is 1.14 bits per heavy atom. The lowest BCUT2D eigenvalue weighted by Crippen LogP contribution is -2.40. The fourth-order valence-corrected chi connectivity index (χ4v) is 8.30. The van der Waals surface area contributed by atoms with E-state index in [1.165, 1.54) is 148 Å². The van der Waals surface area contributed by atoms with Gasteiger partial charge in [-0.15, -0.1) is 0 Å². The van der Waals surface area contributed by atoms with Crippen LogP contribution in [-0.4, -0.2) is 87.4 Å².